The highest BCUT2D eigenvalue weighted by atomic mass is 32.1. The zero-order valence-electron chi connectivity index (χ0n) is 9.62. The van der Waals surface area contributed by atoms with Crippen LogP contribution < -0.4 is 5.73 Å². The van der Waals surface area contributed by atoms with E-state index in [1.807, 2.05) is 11.3 Å². The Morgan fingerprint density at radius 3 is 2.53 bits per heavy atom. The lowest BCUT2D eigenvalue weighted by Gasteiger charge is -2.06. The average Bonchev–Trinajstić information content (AvgIpc) is 3.01. The maximum atomic E-state index is 5.78. The number of aromatic nitrogens is 1. The highest BCUT2D eigenvalue weighted by Gasteiger charge is 2.29. The predicted octanol–water partition coefficient (Wildman–Crippen LogP) is 3.38. The minimum absolute atomic E-state index is 0.646. The van der Waals surface area contributed by atoms with Crippen molar-refractivity contribution in [3.05, 3.63) is 15.6 Å². The molecule has 3 heteroatoms. The standard InChI is InChI=1S/C12H20N2S/c1-3-8(4-2)12-14-11(9-5-6-9)10(7-13)15-12/h8-9H,3-7,13H2,1-2H3. The topological polar surface area (TPSA) is 38.9 Å². The van der Waals surface area contributed by atoms with Gasteiger partial charge in [-0.3, -0.25) is 0 Å². The van der Waals surface area contributed by atoms with Crippen molar-refractivity contribution in [1.29, 1.82) is 0 Å². The van der Waals surface area contributed by atoms with Crippen LogP contribution in [0.25, 0.3) is 0 Å². The lowest BCUT2D eigenvalue weighted by atomic mass is 10.1. The molecule has 1 aliphatic carbocycles. The van der Waals surface area contributed by atoms with Crippen LogP contribution >= 0.6 is 11.3 Å². The molecule has 0 aromatic carbocycles. The van der Waals surface area contributed by atoms with Gasteiger partial charge in [0.05, 0.1) is 10.7 Å². The van der Waals surface area contributed by atoms with Gasteiger partial charge in [-0.1, -0.05) is 13.8 Å². The van der Waals surface area contributed by atoms with E-state index in [0.717, 1.165) is 5.92 Å². The number of hydrogen-bond donors (Lipinski definition) is 1. The molecule has 1 aromatic rings. The Bertz CT molecular complexity index is 324. The predicted molar refractivity (Wildman–Crippen MR) is 65.3 cm³/mol. The lowest BCUT2D eigenvalue weighted by molar-refractivity contribution is 0.635. The number of thiazole rings is 1. The Morgan fingerprint density at radius 1 is 1.40 bits per heavy atom. The lowest BCUT2D eigenvalue weighted by Crippen LogP contribution is -1.97. The first-order valence-electron chi connectivity index (χ1n) is 5.99. The number of hydrogen-bond acceptors (Lipinski definition) is 3. The molecule has 0 saturated heterocycles. The van der Waals surface area contributed by atoms with Crippen LogP contribution in [0.4, 0.5) is 0 Å². The maximum absolute atomic E-state index is 5.78. The largest absolute Gasteiger partial charge is 0.326 e. The Morgan fingerprint density at radius 2 is 2.07 bits per heavy atom. The van der Waals surface area contributed by atoms with E-state index in [-0.39, 0.29) is 0 Å². The molecule has 1 aromatic heterocycles. The molecule has 2 rings (SSSR count). The first-order valence-corrected chi connectivity index (χ1v) is 6.81. The summed E-state index contributed by atoms with van der Waals surface area (Å²) in [5.74, 6) is 1.38. The summed E-state index contributed by atoms with van der Waals surface area (Å²) in [6, 6.07) is 0. The maximum Gasteiger partial charge on any atom is 0.0962 e. The molecule has 1 fully saturated rings. The summed E-state index contributed by atoms with van der Waals surface area (Å²) in [4.78, 5) is 6.16. The van der Waals surface area contributed by atoms with Gasteiger partial charge in [-0.15, -0.1) is 11.3 Å². The van der Waals surface area contributed by atoms with Crippen molar-refractivity contribution in [1.82, 2.24) is 4.98 Å². The molecule has 0 radical (unpaired) electrons. The van der Waals surface area contributed by atoms with E-state index in [1.165, 1.54) is 41.3 Å². The number of rotatable bonds is 5. The summed E-state index contributed by atoms with van der Waals surface area (Å²) >= 11 is 1.85. The van der Waals surface area contributed by atoms with E-state index in [2.05, 4.69) is 13.8 Å². The molecule has 2 N–H and O–H groups in total. The van der Waals surface area contributed by atoms with Crippen LogP contribution in [0, 0.1) is 0 Å². The van der Waals surface area contributed by atoms with Crippen LogP contribution in [0.3, 0.4) is 0 Å². The number of nitrogens with zero attached hydrogens (tertiary/aromatic N) is 1. The highest BCUT2D eigenvalue weighted by Crippen LogP contribution is 2.43. The monoisotopic (exact) mass is 224 g/mol. The fourth-order valence-electron chi connectivity index (χ4n) is 2.02. The van der Waals surface area contributed by atoms with Crippen LogP contribution in [0.1, 0.15) is 66.9 Å². The fourth-order valence-corrected chi connectivity index (χ4v) is 3.31. The van der Waals surface area contributed by atoms with Crippen molar-refractivity contribution in [2.45, 2.75) is 57.9 Å². The zero-order chi connectivity index (χ0) is 10.8. The van der Waals surface area contributed by atoms with Gasteiger partial charge < -0.3 is 5.73 Å². The van der Waals surface area contributed by atoms with Crippen LogP contribution in [0.2, 0.25) is 0 Å². The molecular formula is C12H20N2S. The second-order valence-electron chi connectivity index (χ2n) is 4.35. The summed E-state index contributed by atoms with van der Waals surface area (Å²) in [6.07, 6.45) is 5.02. The van der Waals surface area contributed by atoms with E-state index < -0.39 is 0 Å². The van der Waals surface area contributed by atoms with Gasteiger partial charge in [0, 0.05) is 23.3 Å². The minimum Gasteiger partial charge on any atom is -0.326 e. The van der Waals surface area contributed by atoms with Gasteiger partial charge in [0.2, 0.25) is 0 Å². The Kier molecular flexibility index (Phi) is 3.42. The first kappa shape index (κ1) is 11.1. The second-order valence-corrected chi connectivity index (χ2v) is 5.47. The third-order valence-corrected chi connectivity index (χ3v) is 4.48. The van der Waals surface area contributed by atoms with Crippen molar-refractivity contribution in [2.75, 3.05) is 0 Å². The van der Waals surface area contributed by atoms with Gasteiger partial charge >= 0.3 is 0 Å². The molecule has 0 aliphatic heterocycles. The molecule has 2 nitrogen and oxygen atoms in total. The zero-order valence-corrected chi connectivity index (χ0v) is 10.4. The first-order chi connectivity index (χ1) is 7.30. The molecule has 0 bridgehead atoms. The smallest absolute Gasteiger partial charge is 0.0962 e. The third kappa shape index (κ3) is 2.23. The Labute approximate surface area is 95.9 Å². The van der Waals surface area contributed by atoms with Gasteiger partial charge in [-0.2, -0.15) is 0 Å². The van der Waals surface area contributed by atoms with E-state index >= 15 is 0 Å². The van der Waals surface area contributed by atoms with Crippen molar-refractivity contribution < 1.29 is 0 Å². The normalized spacial score (nSPS) is 16.3. The minimum atomic E-state index is 0.646. The van der Waals surface area contributed by atoms with Gasteiger partial charge in [0.25, 0.3) is 0 Å². The van der Waals surface area contributed by atoms with Gasteiger partial charge in [0.1, 0.15) is 0 Å². The van der Waals surface area contributed by atoms with Gasteiger partial charge in [-0.05, 0) is 25.7 Å². The van der Waals surface area contributed by atoms with Crippen LogP contribution in [-0.4, -0.2) is 4.98 Å². The van der Waals surface area contributed by atoms with E-state index in [9.17, 15) is 0 Å². The summed E-state index contributed by atoms with van der Waals surface area (Å²) in [6.45, 7) is 5.16. The SMILES string of the molecule is CCC(CC)c1nc(C2CC2)c(CN)s1. The van der Waals surface area contributed by atoms with Crippen molar-refractivity contribution in [3.63, 3.8) is 0 Å². The van der Waals surface area contributed by atoms with Crippen molar-refractivity contribution in [2.24, 2.45) is 5.73 Å². The summed E-state index contributed by atoms with van der Waals surface area (Å²) in [5, 5.41) is 1.32. The summed E-state index contributed by atoms with van der Waals surface area (Å²) in [5.41, 5.74) is 7.11. The highest BCUT2D eigenvalue weighted by molar-refractivity contribution is 7.11. The Balaban J connectivity index is 2.24. The van der Waals surface area contributed by atoms with Crippen molar-refractivity contribution >= 4 is 11.3 Å². The van der Waals surface area contributed by atoms with Gasteiger partial charge in [0.15, 0.2) is 0 Å². The quantitative estimate of drug-likeness (QED) is 0.832. The second kappa shape index (κ2) is 4.62. The van der Waals surface area contributed by atoms with Crippen LogP contribution in [0.5, 0.6) is 0 Å². The molecule has 0 spiro atoms. The average molecular weight is 224 g/mol. The van der Waals surface area contributed by atoms with E-state index in [1.54, 1.807) is 0 Å². The molecular weight excluding hydrogens is 204 g/mol. The molecule has 0 atom stereocenters. The molecule has 15 heavy (non-hydrogen) atoms. The van der Waals surface area contributed by atoms with E-state index in [0.29, 0.717) is 12.5 Å². The van der Waals surface area contributed by atoms with Crippen molar-refractivity contribution in [3.8, 4) is 0 Å². The number of nitrogens with two attached hydrogens (primary N) is 1. The van der Waals surface area contributed by atoms with E-state index in [4.69, 9.17) is 10.7 Å². The van der Waals surface area contributed by atoms with Crippen LogP contribution in [0.15, 0.2) is 0 Å². The molecule has 1 saturated carbocycles. The summed E-state index contributed by atoms with van der Waals surface area (Å²) < 4.78 is 0. The molecule has 0 unspecified atom stereocenters. The molecule has 0 amide bonds. The molecule has 1 aliphatic rings. The van der Waals surface area contributed by atoms with Gasteiger partial charge in [-0.25, -0.2) is 4.98 Å². The molecule has 84 valence electrons. The third-order valence-electron chi connectivity index (χ3n) is 3.23. The van der Waals surface area contributed by atoms with Crippen LogP contribution in [-0.2, 0) is 6.54 Å². The Hall–Kier alpha value is -0.410. The summed E-state index contributed by atoms with van der Waals surface area (Å²) in [7, 11) is 0. The molecule has 1 heterocycles. The fraction of sp³-hybridized carbons (Fsp3) is 0.750.